The number of pyridine rings is 1. The molecule has 0 saturated heterocycles. The third-order valence-electron chi connectivity index (χ3n) is 4.63. The molecule has 4 heteroatoms. The Morgan fingerprint density at radius 1 is 1.33 bits per heavy atom. The number of hydrogen-bond donors (Lipinski definition) is 1. The molecule has 1 saturated carbocycles. The first-order valence-electron chi connectivity index (χ1n) is 8.03. The minimum absolute atomic E-state index is 0.797. The highest BCUT2D eigenvalue weighted by molar-refractivity contribution is 5.40. The fraction of sp³-hybridized carbons (Fsp3) is 0.706. The summed E-state index contributed by atoms with van der Waals surface area (Å²) >= 11 is 0. The van der Waals surface area contributed by atoms with Crippen LogP contribution in [0.4, 0.5) is 0 Å². The van der Waals surface area contributed by atoms with Gasteiger partial charge in [-0.1, -0.05) is 12.8 Å². The molecule has 1 aromatic heterocycles. The number of likely N-dealkylation sites (N-methyl/N-ethyl adjacent to an activating group) is 1. The van der Waals surface area contributed by atoms with Gasteiger partial charge in [0.1, 0.15) is 5.75 Å². The molecule has 0 aliphatic heterocycles. The van der Waals surface area contributed by atoms with Gasteiger partial charge in [0, 0.05) is 43.0 Å². The molecule has 118 valence electrons. The number of methoxy groups -OCH3 is 1. The summed E-state index contributed by atoms with van der Waals surface area (Å²) in [6, 6.07) is 0.797. The van der Waals surface area contributed by atoms with E-state index < -0.39 is 0 Å². The quantitative estimate of drug-likeness (QED) is 0.784. The molecule has 1 aliphatic carbocycles. The molecule has 0 atom stereocenters. The zero-order chi connectivity index (χ0) is 15.2. The highest BCUT2D eigenvalue weighted by atomic mass is 16.5. The maximum Gasteiger partial charge on any atom is 0.128 e. The van der Waals surface area contributed by atoms with Crippen LogP contribution in [0.15, 0.2) is 6.20 Å². The lowest BCUT2D eigenvalue weighted by Gasteiger charge is -2.24. The molecular weight excluding hydrogens is 262 g/mol. The predicted molar refractivity (Wildman–Crippen MR) is 86.9 cm³/mol. The fourth-order valence-corrected chi connectivity index (χ4v) is 3.24. The Bertz CT molecular complexity index is 456. The molecule has 0 radical (unpaired) electrons. The van der Waals surface area contributed by atoms with E-state index in [1.54, 1.807) is 7.11 Å². The molecule has 1 aliphatic rings. The molecule has 0 spiro atoms. The zero-order valence-electron chi connectivity index (χ0n) is 13.9. The number of ether oxygens (including phenoxy) is 1. The lowest BCUT2D eigenvalue weighted by atomic mass is 10.1. The highest BCUT2D eigenvalue weighted by Crippen LogP contribution is 2.24. The number of rotatable bonds is 7. The summed E-state index contributed by atoms with van der Waals surface area (Å²) in [5, 5.41) is 3.51. The van der Waals surface area contributed by atoms with E-state index in [9.17, 15) is 0 Å². The van der Waals surface area contributed by atoms with E-state index in [2.05, 4.69) is 29.2 Å². The number of hydrogen-bond acceptors (Lipinski definition) is 4. The topological polar surface area (TPSA) is 37.4 Å². The van der Waals surface area contributed by atoms with Gasteiger partial charge in [0.15, 0.2) is 0 Å². The third-order valence-corrected chi connectivity index (χ3v) is 4.63. The summed E-state index contributed by atoms with van der Waals surface area (Å²) in [5.41, 5.74) is 3.33. The summed E-state index contributed by atoms with van der Waals surface area (Å²) in [6.45, 7) is 7.03. The minimum atomic E-state index is 0.797. The van der Waals surface area contributed by atoms with Crippen molar-refractivity contribution in [2.45, 2.75) is 52.1 Å². The van der Waals surface area contributed by atoms with E-state index in [-0.39, 0.29) is 0 Å². The first kappa shape index (κ1) is 16.2. The van der Waals surface area contributed by atoms with E-state index in [1.165, 1.54) is 25.7 Å². The number of aromatic nitrogens is 1. The van der Waals surface area contributed by atoms with Crippen LogP contribution in [-0.2, 0) is 6.54 Å². The second-order valence-corrected chi connectivity index (χ2v) is 6.14. The lowest BCUT2D eigenvalue weighted by Crippen LogP contribution is -2.35. The van der Waals surface area contributed by atoms with Crippen LogP contribution in [0.3, 0.4) is 0 Å². The van der Waals surface area contributed by atoms with Crippen molar-refractivity contribution in [2.24, 2.45) is 0 Å². The summed E-state index contributed by atoms with van der Waals surface area (Å²) in [7, 11) is 3.97. The van der Waals surface area contributed by atoms with Gasteiger partial charge in [0.05, 0.1) is 12.8 Å². The van der Waals surface area contributed by atoms with Crippen LogP contribution in [0, 0.1) is 13.8 Å². The van der Waals surface area contributed by atoms with Gasteiger partial charge < -0.3 is 15.0 Å². The molecule has 1 fully saturated rings. The minimum Gasteiger partial charge on any atom is -0.496 e. The van der Waals surface area contributed by atoms with Gasteiger partial charge in [0.25, 0.3) is 0 Å². The molecular formula is C17H29N3O. The van der Waals surface area contributed by atoms with Crippen LogP contribution in [0.5, 0.6) is 5.75 Å². The summed E-state index contributed by atoms with van der Waals surface area (Å²) in [5.74, 6) is 0.963. The second-order valence-electron chi connectivity index (χ2n) is 6.14. The third kappa shape index (κ3) is 4.17. The second kappa shape index (κ2) is 7.76. The van der Waals surface area contributed by atoms with E-state index in [4.69, 9.17) is 4.74 Å². The largest absolute Gasteiger partial charge is 0.496 e. The van der Waals surface area contributed by atoms with Gasteiger partial charge in [-0.2, -0.15) is 0 Å². The normalized spacial score (nSPS) is 15.9. The van der Waals surface area contributed by atoms with E-state index >= 15 is 0 Å². The molecule has 1 aromatic rings. The van der Waals surface area contributed by atoms with Crippen LogP contribution < -0.4 is 10.1 Å². The average molecular weight is 291 g/mol. The highest BCUT2D eigenvalue weighted by Gasteiger charge is 2.18. The molecule has 0 amide bonds. The fourth-order valence-electron chi connectivity index (χ4n) is 3.24. The Balaban J connectivity index is 1.78. The van der Waals surface area contributed by atoms with Gasteiger partial charge >= 0.3 is 0 Å². The molecule has 4 nitrogen and oxygen atoms in total. The van der Waals surface area contributed by atoms with Crippen LogP contribution >= 0.6 is 0 Å². The van der Waals surface area contributed by atoms with Crippen LogP contribution in [-0.4, -0.2) is 43.2 Å². The molecule has 2 rings (SSSR count). The summed E-state index contributed by atoms with van der Waals surface area (Å²) in [4.78, 5) is 7.02. The molecule has 0 unspecified atom stereocenters. The molecule has 1 heterocycles. The van der Waals surface area contributed by atoms with Crippen molar-refractivity contribution in [3.8, 4) is 5.75 Å². The Morgan fingerprint density at radius 3 is 2.71 bits per heavy atom. The van der Waals surface area contributed by atoms with Crippen molar-refractivity contribution >= 4 is 0 Å². The molecule has 1 N–H and O–H groups in total. The van der Waals surface area contributed by atoms with Gasteiger partial charge in [-0.3, -0.25) is 4.98 Å². The van der Waals surface area contributed by atoms with Gasteiger partial charge in [0.2, 0.25) is 0 Å². The standard InChI is InChI=1S/C17H29N3O/c1-13-11-19-16(14(2)17(13)21-4)12-18-9-10-20(3)15-7-5-6-8-15/h11,15,18H,5-10,12H2,1-4H3. The van der Waals surface area contributed by atoms with Crippen molar-refractivity contribution < 1.29 is 4.74 Å². The monoisotopic (exact) mass is 291 g/mol. The Labute approximate surface area is 128 Å². The van der Waals surface area contributed by atoms with Crippen LogP contribution in [0.2, 0.25) is 0 Å². The molecule has 21 heavy (non-hydrogen) atoms. The Kier molecular flexibility index (Phi) is 6.00. The van der Waals surface area contributed by atoms with Crippen molar-refractivity contribution in [2.75, 3.05) is 27.2 Å². The first-order valence-corrected chi connectivity index (χ1v) is 8.03. The molecule has 0 aromatic carbocycles. The first-order chi connectivity index (χ1) is 10.1. The lowest BCUT2D eigenvalue weighted by molar-refractivity contribution is 0.245. The smallest absolute Gasteiger partial charge is 0.128 e. The zero-order valence-corrected chi connectivity index (χ0v) is 13.9. The van der Waals surface area contributed by atoms with Crippen LogP contribution in [0.25, 0.3) is 0 Å². The summed E-state index contributed by atoms with van der Waals surface area (Å²) < 4.78 is 5.45. The Hall–Kier alpha value is -1.13. The van der Waals surface area contributed by atoms with Crippen LogP contribution in [0.1, 0.15) is 42.5 Å². The maximum atomic E-state index is 5.45. The van der Waals surface area contributed by atoms with Crippen molar-refractivity contribution in [1.29, 1.82) is 0 Å². The van der Waals surface area contributed by atoms with Crippen molar-refractivity contribution in [3.63, 3.8) is 0 Å². The van der Waals surface area contributed by atoms with Crippen molar-refractivity contribution in [1.82, 2.24) is 15.2 Å². The van der Waals surface area contributed by atoms with Gasteiger partial charge in [-0.05, 0) is 33.7 Å². The number of nitrogens with one attached hydrogen (secondary N) is 1. The molecule has 0 bridgehead atoms. The summed E-state index contributed by atoms with van der Waals surface area (Å²) in [6.07, 6.45) is 7.43. The Morgan fingerprint density at radius 2 is 2.05 bits per heavy atom. The van der Waals surface area contributed by atoms with E-state index in [1.807, 2.05) is 13.1 Å². The number of aryl methyl sites for hydroxylation is 1. The van der Waals surface area contributed by atoms with Gasteiger partial charge in [-0.15, -0.1) is 0 Å². The maximum absolute atomic E-state index is 5.45. The predicted octanol–water partition coefficient (Wildman–Crippen LogP) is 2.67. The SMILES string of the molecule is COc1c(C)cnc(CNCCN(C)C2CCCC2)c1C. The number of nitrogens with zero attached hydrogens (tertiary/aromatic N) is 2. The van der Waals surface area contributed by atoms with E-state index in [0.717, 1.165) is 48.2 Å². The van der Waals surface area contributed by atoms with Crippen molar-refractivity contribution in [3.05, 3.63) is 23.0 Å². The van der Waals surface area contributed by atoms with Gasteiger partial charge in [-0.25, -0.2) is 0 Å². The van der Waals surface area contributed by atoms with E-state index in [0.29, 0.717) is 0 Å². The average Bonchev–Trinajstić information content (AvgIpc) is 3.00.